The van der Waals surface area contributed by atoms with Crippen molar-refractivity contribution >= 4 is 29.2 Å². The largest absolute Gasteiger partial charge is 0.461 e. The average molecular weight is 493 g/mol. The van der Waals surface area contributed by atoms with Crippen LogP contribution in [-0.2, 0) is 14.3 Å². The molecule has 0 bridgehead atoms. The molecule has 0 saturated carbocycles. The number of thioether (sulfide) groups is 1. The molecule has 2 aliphatic rings. The molecule has 0 aromatic heterocycles. The number of carbonyl (C=O) groups excluding carboxylic acids is 2. The Hall–Kier alpha value is -3.39. The van der Waals surface area contributed by atoms with E-state index in [-0.39, 0.29) is 24.0 Å². The molecule has 1 aliphatic carbocycles. The van der Waals surface area contributed by atoms with Crippen molar-refractivity contribution in [3.05, 3.63) is 98.4 Å². The monoisotopic (exact) mass is 492 g/mol. The topological polar surface area (TPSA) is 98.5 Å². The molecule has 0 spiro atoms. The van der Waals surface area contributed by atoms with Crippen molar-refractivity contribution in [2.45, 2.75) is 38.5 Å². The zero-order valence-corrected chi connectivity index (χ0v) is 20.6. The molecule has 182 valence electrons. The van der Waals surface area contributed by atoms with Gasteiger partial charge in [0, 0.05) is 47.2 Å². The molecule has 35 heavy (non-hydrogen) atoms. The second-order valence-corrected chi connectivity index (χ2v) is 10.0. The quantitative estimate of drug-likeness (QED) is 0.232. The number of Topliss-reactive ketones (excluding diaryl/α,β-unsaturated/α-hetero) is 1. The summed E-state index contributed by atoms with van der Waals surface area (Å²) in [5.74, 6) is 0.521. The lowest BCUT2D eigenvalue weighted by Gasteiger charge is -2.36. The minimum Gasteiger partial charge on any atom is -0.461 e. The van der Waals surface area contributed by atoms with Gasteiger partial charge in [-0.05, 0) is 36.1 Å². The van der Waals surface area contributed by atoms with Crippen LogP contribution in [0.5, 0.6) is 0 Å². The van der Waals surface area contributed by atoms with Gasteiger partial charge in [0.25, 0.3) is 5.69 Å². The third-order valence-electron chi connectivity index (χ3n) is 6.42. The fraction of sp³-hybridized carbons (Fsp3) is 0.333. The number of ketones is 1. The maximum absolute atomic E-state index is 13.6. The highest BCUT2D eigenvalue weighted by molar-refractivity contribution is 7.99. The normalized spacial score (nSPS) is 19.8. The summed E-state index contributed by atoms with van der Waals surface area (Å²) in [5, 5.41) is 14.5. The molecule has 0 unspecified atom stereocenters. The number of hydrogen-bond acceptors (Lipinski definition) is 7. The van der Waals surface area contributed by atoms with Gasteiger partial charge in [-0.1, -0.05) is 49.4 Å². The first-order chi connectivity index (χ1) is 16.9. The first-order valence-electron chi connectivity index (χ1n) is 11.7. The lowest BCUT2D eigenvalue weighted by molar-refractivity contribution is -0.384. The number of esters is 1. The van der Waals surface area contributed by atoms with Crippen LogP contribution in [0.3, 0.4) is 0 Å². The zero-order chi connectivity index (χ0) is 24.9. The summed E-state index contributed by atoms with van der Waals surface area (Å²) in [6.07, 6.45) is 0.976. The summed E-state index contributed by atoms with van der Waals surface area (Å²) in [6, 6.07) is 16.0. The van der Waals surface area contributed by atoms with Crippen LogP contribution in [0.25, 0.3) is 0 Å². The molecule has 1 N–H and O–H groups in total. The van der Waals surface area contributed by atoms with E-state index in [4.69, 9.17) is 4.74 Å². The Morgan fingerprint density at radius 2 is 1.83 bits per heavy atom. The van der Waals surface area contributed by atoms with Crippen molar-refractivity contribution in [1.82, 2.24) is 5.32 Å². The van der Waals surface area contributed by atoms with E-state index in [9.17, 15) is 19.7 Å². The molecule has 1 heterocycles. The fourth-order valence-corrected chi connectivity index (χ4v) is 5.30. The molecule has 7 nitrogen and oxygen atoms in total. The first-order valence-corrected chi connectivity index (χ1v) is 12.8. The van der Waals surface area contributed by atoms with Crippen LogP contribution >= 0.6 is 11.8 Å². The Kier molecular flexibility index (Phi) is 7.70. The highest BCUT2D eigenvalue weighted by Crippen LogP contribution is 2.45. The van der Waals surface area contributed by atoms with E-state index >= 15 is 0 Å². The second kappa shape index (κ2) is 10.9. The van der Waals surface area contributed by atoms with E-state index < -0.39 is 16.8 Å². The molecule has 4 rings (SSSR count). The van der Waals surface area contributed by atoms with E-state index in [2.05, 4.69) is 5.32 Å². The van der Waals surface area contributed by atoms with Crippen molar-refractivity contribution in [2.75, 3.05) is 18.1 Å². The highest BCUT2D eigenvalue weighted by atomic mass is 32.2. The van der Waals surface area contributed by atoms with Crippen LogP contribution in [0.2, 0.25) is 0 Å². The molecular weight excluding hydrogens is 464 g/mol. The summed E-state index contributed by atoms with van der Waals surface area (Å²) in [6.45, 7) is 4.13. The highest BCUT2D eigenvalue weighted by Gasteiger charge is 2.41. The van der Waals surface area contributed by atoms with Gasteiger partial charge in [-0.2, -0.15) is 11.8 Å². The third kappa shape index (κ3) is 5.32. The Balaban J connectivity index is 1.72. The standard InChI is InChI=1S/C27H28N2O5S/c1-3-35-14-13-34-27(31)24-17(2)28-22-15-20(18-7-5-4-6-8-18)16-23(30)26(22)25(24)19-9-11-21(12-10-19)29(32)33/h4-12,20,25,28H,3,13-16H2,1-2H3/t20-,25+/m1/s1. The molecule has 0 saturated heterocycles. The van der Waals surface area contributed by atoms with Gasteiger partial charge in [-0.25, -0.2) is 4.79 Å². The molecule has 2 aromatic rings. The number of rotatable bonds is 8. The van der Waals surface area contributed by atoms with Gasteiger partial charge in [0.2, 0.25) is 0 Å². The molecule has 0 radical (unpaired) electrons. The Labute approximate surface area is 208 Å². The van der Waals surface area contributed by atoms with Gasteiger partial charge < -0.3 is 10.1 Å². The van der Waals surface area contributed by atoms with Gasteiger partial charge >= 0.3 is 5.97 Å². The number of non-ortho nitro benzene ring substituents is 1. The van der Waals surface area contributed by atoms with E-state index in [1.54, 1.807) is 23.9 Å². The number of nitrogens with one attached hydrogen (secondary N) is 1. The summed E-state index contributed by atoms with van der Waals surface area (Å²) in [4.78, 5) is 37.5. The minimum atomic E-state index is -0.636. The predicted octanol–water partition coefficient (Wildman–Crippen LogP) is 5.25. The van der Waals surface area contributed by atoms with Crippen LogP contribution in [0.1, 0.15) is 49.7 Å². The van der Waals surface area contributed by atoms with Gasteiger partial charge in [-0.15, -0.1) is 0 Å². The summed E-state index contributed by atoms with van der Waals surface area (Å²) >= 11 is 1.68. The lowest BCUT2D eigenvalue weighted by atomic mass is 9.71. The van der Waals surface area contributed by atoms with Gasteiger partial charge in [0.15, 0.2) is 5.78 Å². The molecular formula is C27H28N2O5S. The molecule has 2 aromatic carbocycles. The summed E-state index contributed by atoms with van der Waals surface area (Å²) < 4.78 is 5.57. The number of allylic oxidation sites excluding steroid dienone is 3. The SMILES string of the molecule is CCSCCOC(=O)C1=C(C)NC2=C(C(=O)C[C@H](c3ccccc3)C2)[C@H]1c1ccc([N+](=O)[O-])cc1. The van der Waals surface area contributed by atoms with Crippen LogP contribution in [0.15, 0.2) is 77.1 Å². The van der Waals surface area contributed by atoms with Crippen molar-refractivity contribution in [3.63, 3.8) is 0 Å². The number of nitro groups is 1. The summed E-state index contributed by atoms with van der Waals surface area (Å²) in [5.41, 5.74) is 4.08. The molecule has 0 amide bonds. The Morgan fingerprint density at radius 1 is 1.11 bits per heavy atom. The number of nitro benzene ring substituents is 1. The number of carbonyl (C=O) groups is 2. The second-order valence-electron chi connectivity index (χ2n) is 8.61. The van der Waals surface area contributed by atoms with Crippen molar-refractivity contribution in [2.24, 2.45) is 0 Å². The average Bonchev–Trinajstić information content (AvgIpc) is 2.86. The van der Waals surface area contributed by atoms with Crippen LogP contribution in [0.4, 0.5) is 5.69 Å². The van der Waals surface area contributed by atoms with Crippen molar-refractivity contribution < 1.29 is 19.2 Å². The van der Waals surface area contributed by atoms with E-state index in [1.165, 1.54) is 12.1 Å². The fourth-order valence-electron chi connectivity index (χ4n) is 4.81. The summed E-state index contributed by atoms with van der Waals surface area (Å²) in [7, 11) is 0. The minimum absolute atomic E-state index is 0.0321. The molecule has 1 aliphatic heterocycles. The number of nitrogens with zero attached hydrogens (tertiary/aromatic N) is 1. The molecule has 2 atom stereocenters. The third-order valence-corrected chi connectivity index (χ3v) is 7.28. The number of ether oxygens (including phenoxy) is 1. The molecule has 0 fully saturated rings. The Morgan fingerprint density at radius 3 is 2.49 bits per heavy atom. The zero-order valence-electron chi connectivity index (χ0n) is 19.8. The van der Waals surface area contributed by atoms with Crippen LogP contribution < -0.4 is 5.32 Å². The number of dihydropyridines is 1. The number of hydrogen-bond donors (Lipinski definition) is 1. The maximum atomic E-state index is 13.6. The predicted molar refractivity (Wildman–Crippen MR) is 136 cm³/mol. The van der Waals surface area contributed by atoms with Gasteiger partial charge in [0.1, 0.15) is 6.61 Å². The van der Waals surface area contributed by atoms with Crippen LogP contribution in [-0.4, -0.2) is 34.8 Å². The maximum Gasteiger partial charge on any atom is 0.336 e. The van der Waals surface area contributed by atoms with Crippen LogP contribution in [0, 0.1) is 10.1 Å². The molecule has 8 heteroatoms. The Bertz CT molecular complexity index is 1190. The first kappa shape index (κ1) is 24.7. The number of benzene rings is 2. The lowest BCUT2D eigenvalue weighted by Crippen LogP contribution is -2.36. The van der Waals surface area contributed by atoms with Crippen molar-refractivity contribution in [3.8, 4) is 0 Å². The van der Waals surface area contributed by atoms with E-state index in [1.807, 2.05) is 44.2 Å². The van der Waals surface area contributed by atoms with Crippen molar-refractivity contribution in [1.29, 1.82) is 0 Å². The van der Waals surface area contributed by atoms with Gasteiger partial charge in [0.05, 0.1) is 10.5 Å². The van der Waals surface area contributed by atoms with Gasteiger partial charge in [-0.3, -0.25) is 14.9 Å². The van der Waals surface area contributed by atoms with E-state index in [0.29, 0.717) is 41.0 Å². The van der Waals surface area contributed by atoms with E-state index in [0.717, 1.165) is 17.0 Å². The smallest absolute Gasteiger partial charge is 0.336 e.